The monoisotopic (exact) mass is 270 g/mol. The molecule has 0 bridgehead atoms. The van der Waals surface area contributed by atoms with Crippen LogP contribution in [0.2, 0.25) is 0 Å². The molecule has 2 atom stereocenters. The van der Waals surface area contributed by atoms with E-state index in [4.69, 9.17) is 0 Å². The van der Waals surface area contributed by atoms with Gasteiger partial charge in [-0.1, -0.05) is 42.8 Å². The van der Waals surface area contributed by atoms with E-state index in [1.807, 2.05) is 49.5 Å². The molecule has 0 saturated carbocycles. The summed E-state index contributed by atoms with van der Waals surface area (Å²) in [5.41, 5.74) is 3.29. The lowest BCUT2D eigenvalue weighted by Gasteiger charge is -2.23. The van der Waals surface area contributed by atoms with Crippen molar-refractivity contribution in [2.75, 3.05) is 0 Å². The first-order valence-electron chi connectivity index (χ1n) is 7.07. The molecule has 0 radical (unpaired) electrons. The number of aryl methyl sites for hydroxylation is 1. The highest BCUT2D eigenvalue weighted by Crippen LogP contribution is 2.19. The van der Waals surface area contributed by atoms with Gasteiger partial charge in [0, 0.05) is 25.0 Å². The Labute approximate surface area is 120 Å². The Hall–Kier alpha value is -1.71. The molecule has 0 aliphatic heterocycles. The van der Waals surface area contributed by atoms with E-state index in [-0.39, 0.29) is 6.04 Å². The Morgan fingerprint density at radius 3 is 2.55 bits per heavy atom. The number of nitrogens with one attached hydrogen (secondary N) is 1. The SMILES string of the molecule is CCC(NCc1cccnc1)C(O)c1ccc(C)cc1. The smallest absolute Gasteiger partial charge is 0.0942 e. The molecule has 2 aromatic rings. The zero-order valence-electron chi connectivity index (χ0n) is 12.1. The quantitative estimate of drug-likeness (QED) is 0.848. The summed E-state index contributed by atoms with van der Waals surface area (Å²) in [4.78, 5) is 4.10. The molecule has 2 unspecified atom stereocenters. The van der Waals surface area contributed by atoms with Crippen LogP contribution < -0.4 is 5.32 Å². The molecule has 3 nitrogen and oxygen atoms in total. The predicted molar refractivity (Wildman–Crippen MR) is 81.3 cm³/mol. The molecule has 106 valence electrons. The van der Waals surface area contributed by atoms with E-state index in [2.05, 4.69) is 17.2 Å². The van der Waals surface area contributed by atoms with Gasteiger partial charge in [0.15, 0.2) is 0 Å². The summed E-state index contributed by atoms with van der Waals surface area (Å²) >= 11 is 0. The number of pyridine rings is 1. The summed E-state index contributed by atoms with van der Waals surface area (Å²) in [6.07, 6.45) is 3.99. The van der Waals surface area contributed by atoms with Crippen molar-refractivity contribution in [3.8, 4) is 0 Å². The molecule has 20 heavy (non-hydrogen) atoms. The zero-order valence-corrected chi connectivity index (χ0v) is 12.1. The van der Waals surface area contributed by atoms with Gasteiger partial charge in [-0.2, -0.15) is 0 Å². The molecule has 0 aliphatic rings. The molecular weight excluding hydrogens is 248 g/mol. The van der Waals surface area contributed by atoms with Gasteiger partial charge < -0.3 is 10.4 Å². The fourth-order valence-electron chi connectivity index (χ4n) is 2.23. The van der Waals surface area contributed by atoms with Crippen molar-refractivity contribution in [3.63, 3.8) is 0 Å². The highest BCUT2D eigenvalue weighted by Gasteiger charge is 2.18. The molecule has 0 fully saturated rings. The number of hydrogen-bond acceptors (Lipinski definition) is 3. The maximum Gasteiger partial charge on any atom is 0.0942 e. The summed E-state index contributed by atoms with van der Waals surface area (Å²) in [6.45, 7) is 4.85. The standard InChI is InChI=1S/C17H22N2O/c1-3-16(19-12-14-5-4-10-18-11-14)17(20)15-8-6-13(2)7-9-15/h4-11,16-17,19-20H,3,12H2,1-2H3. The van der Waals surface area contributed by atoms with Gasteiger partial charge in [0.05, 0.1) is 6.10 Å². The van der Waals surface area contributed by atoms with Crippen LogP contribution in [0, 0.1) is 6.92 Å². The Morgan fingerprint density at radius 2 is 1.95 bits per heavy atom. The number of aromatic nitrogens is 1. The van der Waals surface area contributed by atoms with Gasteiger partial charge in [0.25, 0.3) is 0 Å². The number of aliphatic hydroxyl groups excluding tert-OH is 1. The van der Waals surface area contributed by atoms with Gasteiger partial charge in [-0.05, 0) is 30.5 Å². The van der Waals surface area contributed by atoms with Crippen molar-refractivity contribution in [2.24, 2.45) is 0 Å². The third kappa shape index (κ3) is 3.89. The van der Waals surface area contributed by atoms with Crippen LogP contribution in [0.4, 0.5) is 0 Å². The third-order valence-electron chi connectivity index (χ3n) is 3.53. The van der Waals surface area contributed by atoms with Crippen LogP contribution in [0.5, 0.6) is 0 Å². The van der Waals surface area contributed by atoms with Gasteiger partial charge in [0.1, 0.15) is 0 Å². The molecular formula is C17H22N2O. The van der Waals surface area contributed by atoms with Gasteiger partial charge in [-0.3, -0.25) is 4.98 Å². The van der Waals surface area contributed by atoms with Crippen LogP contribution in [-0.2, 0) is 6.54 Å². The Bertz CT molecular complexity index is 510. The summed E-state index contributed by atoms with van der Waals surface area (Å²) in [7, 11) is 0. The summed E-state index contributed by atoms with van der Waals surface area (Å²) in [5.74, 6) is 0. The van der Waals surface area contributed by atoms with Gasteiger partial charge in [0.2, 0.25) is 0 Å². The van der Waals surface area contributed by atoms with E-state index in [1.165, 1.54) is 5.56 Å². The van der Waals surface area contributed by atoms with Crippen LogP contribution >= 0.6 is 0 Å². The maximum atomic E-state index is 10.5. The first kappa shape index (κ1) is 14.7. The van der Waals surface area contributed by atoms with Crippen molar-refractivity contribution in [3.05, 3.63) is 65.5 Å². The van der Waals surface area contributed by atoms with E-state index >= 15 is 0 Å². The summed E-state index contributed by atoms with van der Waals surface area (Å²) in [6, 6.07) is 12.1. The number of aliphatic hydroxyl groups is 1. The molecule has 2 N–H and O–H groups in total. The summed E-state index contributed by atoms with van der Waals surface area (Å²) < 4.78 is 0. The third-order valence-corrected chi connectivity index (χ3v) is 3.53. The number of hydrogen-bond donors (Lipinski definition) is 2. The minimum absolute atomic E-state index is 0.0397. The largest absolute Gasteiger partial charge is 0.387 e. The first-order valence-corrected chi connectivity index (χ1v) is 7.07. The second-order valence-electron chi connectivity index (χ2n) is 5.11. The van der Waals surface area contributed by atoms with Gasteiger partial charge >= 0.3 is 0 Å². The molecule has 0 amide bonds. The molecule has 1 aromatic heterocycles. The number of nitrogens with zero attached hydrogens (tertiary/aromatic N) is 1. The van der Waals surface area contributed by atoms with Crippen molar-refractivity contribution < 1.29 is 5.11 Å². The normalized spacial score (nSPS) is 13.9. The molecule has 0 spiro atoms. The molecule has 1 aromatic carbocycles. The lowest BCUT2D eigenvalue weighted by molar-refractivity contribution is 0.125. The predicted octanol–water partition coefficient (Wildman–Crippen LogP) is 2.99. The number of benzene rings is 1. The molecule has 3 heteroatoms. The van der Waals surface area contributed by atoms with Crippen LogP contribution in [0.15, 0.2) is 48.8 Å². The van der Waals surface area contributed by atoms with Crippen LogP contribution in [0.1, 0.15) is 36.1 Å². The molecule has 0 saturated heterocycles. The second-order valence-corrected chi connectivity index (χ2v) is 5.11. The average Bonchev–Trinajstić information content (AvgIpc) is 2.49. The van der Waals surface area contributed by atoms with Crippen LogP contribution in [0.3, 0.4) is 0 Å². The average molecular weight is 270 g/mol. The van der Waals surface area contributed by atoms with Crippen molar-refractivity contribution >= 4 is 0 Å². The minimum atomic E-state index is -0.489. The Balaban J connectivity index is 1.98. The van der Waals surface area contributed by atoms with E-state index in [0.717, 1.165) is 24.1 Å². The first-order chi connectivity index (χ1) is 9.70. The lowest BCUT2D eigenvalue weighted by atomic mass is 9.99. The molecule has 2 rings (SSSR count). The second kappa shape index (κ2) is 7.17. The highest BCUT2D eigenvalue weighted by molar-refractivity contribution is 5.24. The van der Waals surface area contributed by atoms with Gasteiger partial charge in [-0.15, -0.1) is 0 Å². The fraction of sp³-hybridized carbons (Fsp3) is 0.353. The maximum absolute atomic E-state index is 10.5. The van der Waals surface area contributed by atoms with Crippen molar-refractivity contribution in [1.29, 1.82) is 0 Å². The zero-order chi connectivity index (χ0) is 14.4. The van der Waals surface area contributed by atoms with E-state index in [1.54, 1.807) is 6.20 Å². The highest BCUT2D eigenvalue weighted by atomic mass is 16.3. The fourth-order valence-corrected chi connectivity index (χ4v) is 2.23. The van der Waals surface area contributed by atoms with Crippen LogP contribution in [0.25, 0.3) is 0 Å². The van der Waals surface area contributed by atoms with E-state index in [9.17, 15) is 5.11 Å². The van der Waals surface area contributed by atoms with Gasteiger partial charge in [-0.25, -0.2) is 0 Å². The van der Waals surface area contributed by atoms with Crippen molar-refractivity contribution in [1.82, 2.24) is 10.3 Å². The lowest BCUT2D eigenvalue weighted by Crippen LogP contribution is -2.34. The van der Waals surface area contributed by atoms with E-state index in [0.29, 0.717) is 0 Å². The topological polar surface area (TPSA) is 45.2 Å². The molecule has 1 heterocycles. The Morgan fingerprint density at radius 1 is 1.20 bits per heavy atom. The number of rotatable bonds is 6. The van der Waals surface area contributed by atoms with Crippen LogP contribution in [-0.4, -0.2) is 16.1 Å². The Kier molecular flexibility index (Phi) is 5.27. The van der Waals surface area contributed by atoms with Crippen molar-refractivity contribution in [2.45, 2.75) is 39.0 Å². The summed E-state index contributed by atoms with van der Waals surface area (Å²) in [5, 5.41) is 13.9. The minimum Gasteiger partial charge on any atom is -0.387 e. The molecule has 0 aliphatic carbocycles. The van der Waals surface area contributed by atoms with E-state index < -0.39 is 6.10 Å².